The minimum Gasteiger partial charge on any atom is -0.379 e. The molecule has 1 N–H and O–H groups in total. The maximum Gasteiger partial charge on any atom is 0.261 e. The molecule has 0 bridgehead atoms. The standard InChI is InChI=1S/C14H22N2O2S/c1-3-12-11(2)10-13(19-12)14(17)15-4-5-16-6-8-18-9-7-16/h10H,3-9H2,1-2H3,(H,15,17). The Hall–Kier alpha value is -0.910. The van der Waals surface area contributed by atoms with Crippen LogP contribution in [-0.2, 0) is 11.2 Å². The summed E-state index contributed by atoms with van der Waals surface area (Å²) in [6.07, 6.45) is 0.998. The maximum atomic E-state index is 12.0. The summed E-state index contributed by atoms with van der Waals surface area (Å²) in [5, 5.41) is 3.00. The van der Waals surface area contributed by atoms with Crippen LogP contribution in [0, 0.1) is 6.92 Å². The third-order valence-electron chi connectivity index (χ3n) is 3.38. The summed E-state index contributed by atoms with van der Waals surface area (Å²) in [7, 11) is 0. The Labute approximate surface area is 118 Å². The van der Waals surface area contributed by atoms with Crippen molar-refractivity contribution in [2.24, 2.45) is 0 Å². The first-order valence-corrected chi connectivity index (χ1v) is 7.70. The third-order valence-corrected chi connectivity index (χ3v) is 4.76. The first-order chi connectivity index (χ1) is 9.20. The number of rotatable bonds is 5. The van der Waals surface area contributed by atoms with Crippen LogP contribution < -0.4 is 5.32 Å². The van der Waals surface area contributed by atoms with Gasteiger partial charge in [-0.1, -0.05) is 6.92 Å². The molecule has 106 valence electrons. The molecule has 1 aromatic heterocycles. The number of carbonyl (C=O) groups excluding carboxylic acids is 1. The molecular weight excluding hydrogens is 260 g/mol. The van der Waals surface area contributed by atoms with Crippen LogP contribution in [0.2, 0.25) is 0 Å². The lowest BCUT2D eigenvalue weighted by Crippen LogP contribution is -2.41. The number of aryl methyl sites for hydroxylation is 2. The van der Waals surface area contributed by atoms with Gasteiger partial charge in [-0.25, -0.2) is 0 Å². The summed E-state index contributed by atoms with van der Waals surface area (Å²) in [5.41, 5.74) is 1.23. The summed E-state index contributed by atoms with van der Waals surface area (Å²) in [6, 6.07) is 1.99. The molecule has 1 amide bonds. The van der Waals surface area contributed by atoms with E-state index in [4.69, 9.17) is 4.74 Å². The van der Waals surface area contributed by atoms with Crippen molar-refractivity contribution in [2.45, 2.75) is 20.3 Å². The van der Waals surface area contributed by atoms with E-state index in [1.54, 1.807) is 11.3 Å². The Balaban J connectivity index is 1.77. The van der Waals surface area contributed by atoms with Crippen molar-refractivity contribution in [3.63, 3.8) is 0 Å². The fourth-order valence-corrected chi connectivity index (χ4v) is 3.25. The molecule has 1 aliphatic rings. The molecule has 0 unspecified atom stereocenters. The maximum absolute atomic E-state index is 12.0. The van der Waals surface area contributed by atoms with Crippen LogP contribution in [0.3, 0.4) is 0 Å². The third kappa shape index (κ3) is 4.03. The minimum atomic E-state index is 0.0565. The van der Waals surface area contributed by atoms with Crippen LogP contribution in [0.25, 0.3) is 0 Å². The van der Waals surface area contributed by atoms with Gasteiger partial charge < -0.3 is 10.1 Å². The molecule has 0 atom stereocenters. The molecule has 19 heavy (non-hydrogen) atoms. The normalized spacial score (nSPS) is 16.5. The van der Waals surface area contributed by atoms with Crippen LogP contribution in [0.1, 0.15) is 27.0 Å². The van der Waals surface area contributed by atoms with Crippen LogP contribution >= 0.6 is 11.3 Å². The molecule has 0 spiro atoms. The van der Waals surface area contributed by atoms with Gasteiger partial charge in [-0.3, -0.25) is 9.69 Å². The van der Waals surface area contributed by atoms with Gasteiger partial charge in [-0.05, 0) is 25.0 Å². The number of thiophene rings is 1. The molecule has 5 heteroatoms. The van der Waals surface area contributed by atoms with Gasteiger partial charge in [0.25, 0.3) is 5.91 Å². The lowest BCUT2D eigenvalue weighted by atomic mass is 10.2. The van der Waals surface area contributed by atoms with E-state index in [-0.39, 0.29) is 5.91 Å². The van der Waals surface area contributed by atoms with E-state index < -0.39 is 0 Å². The van der Waals surface area contributed by atoms with Gasteiger partial charge in [0.05, 0.1) is 18.1 Å². The van der Waals surface area contributed by atoms with Crippen molar-refractivity contribution in [3.8, 4) is 0 Å². The van der Waals surface area contributed by atoms with Crippen molar-refractivity contribution in [1.29, 1.82) is 0 Å². The van der Waals surface area contributed by atoms with E-state index in [0.29, 0.717) is 6.54 Å². The van der Waals surface area contributed by atoms with Gasteiger partial charge in [0.15, 0.2) is 0 Å². The molecule has 1 aliphatic heterocycles. The van der Waals surface area contributed by atoms with E-state index in [9.17, 15) is 4.79 Å². The molecule has 0 radical (unpaired) electrons. The number of hydrogen-bond donors (Lipinski definition) is 1. The average Bonchev–Trinajstić information content (AvgIpc) is 2.81. The van der Waals surface area contributed by atoms with E-state index >= 15 is 0 Å². The fraction of sp³-hybridized carbons (Fsp3) is 0.643. The predicted molar refractivity (Wildman–Crippen MR) is 78.0 cm³/mol. The highest BCUT2D eigenvalue weighted by atomic mass is 32.1. The largest absolute Gasteiger partial charge is 0.379 e. The van der Waals surface area contributed by atoms with Gasteiger partial charge in [0, 0.05) is 31.1 Å². The molecular formula is C14H22N2O2S. The van der Waals surface area contributed by atoms with Crippen LogP contribution in [0.4, 0.5) is 0 Å². The second-order valence-electron chi connectivity index (χ2n) is 4.78. The minimum absolute atomic E-state index is 0.0565. The summed E-state index contributed by atoms with van der Waals surface area (Å²) in [5.74, 6) is 0.0565. The second-order valence-corrected chi connectivity index (χ2v) is 5.92. The zero-order valence-corrected chi connectivity index (χ0v) is 12.5. The Bertz CT molecular complexity index is 425. The van der Waals surface area contributed by atoms with Crippen molar-refractivity contribution in [2.75, 3.05) is 39.4 Å². The molecule has 2 heterocycles. The summed E-state index contributed by atoms with van der Waals surface area (Å²) in [6.45, 7) is 9.34. The molecule has 2 rings (SSSR count). The van der Waals surface area contributed by atoms with Crippen LogP contribution in [-0.4, -0.2) is 50.2 Å². The van der Waals surface area contributed by atoms with Gasteiger partial charge in [0.2, 0.25) is 0 Å². The topological polar surface area (TPSA) is 41.6 Å². The average molecular weight is 282 g/mol. The number of ether oxygens (including phenoxy) is 1. The summed E-state index contributed by atoms with van der Waals surface area (Å²) < 4.78 is 5.30. The van der Waals surface area contributed by atoms with E-state index in [1.807, 2.05) is 6.07 Å². The number of nitrogens with zero attached hydrogens (tertiary/aromatic N) is 1. The van der Waals surface area contributed by atoms with Gasteiger partial charge in [0.1, 0.15) is 0 Å². The molecule has 0 saturated carbocycles. The van der Waals surface area contributed by atoms with Crippen molar-refractivity contribution in [1.82, 2.24) is 10.2 Å². The van der Waals surface area contributed by atoms with E-state index in [1.165, 1.54) is 10.4 Å². The van der Waals surface area contributed by atoms with Crippen molar-refractivity contribution < 1.29 is 9.53 Å². The fourth-order valence-electron chi connectivity index (χ4n) is 2.22. The second kappa shape index (κ2) is 7.03. The molecule has 1 saturated heterocycles. The zero-order valence-electron chi connectivity index (χ0n) is 11.7. The predicted octanol–water partition coefficient (Wildman–Crippen LogP) is 1.68. The quantitative estimate of drug-likeness (QED) is 0.893. The van der Waals surface area contributed by atoms with Gasteiger partial charge in [-0.2, -0.15) is 0 Å². The summed E-state index contributed by atoms with van der Waals surface area (Å²) >= 11 is 1.61. The molecule has 1 aromatic rings. The molecule has 4 nitrogen and oxygen atoms in total. The first-order valence-electron chi connectivity index (χ1n) is 6.88. The SMILES string of the molecule is CCc1sc(C(=O)NCCN2CCOCC2)cc1C. The number of hydrogen-bond acceptors (Lipinski definition) is 4. The Kier molecular flexibility index (Phi) is 5.36. The van der Waals surface area contributed by atoms with Crippen molar-refractivity contribution in [3.05, 3.63) is 21.4 Å². The number of nitrogens with one attached hydrogen (secondary N) is 1. The molecule has 0 aromatic carbocycles. The number of carbonyl (C=O) groups is 1. The Morgan fingerprint density at radius 3 is 2.84 bits per heavy atom. The van der Waals surface area contributed by atoms with Crippen LogP contribution in [0.5, 0.6) is 0 Å². The monoisotopic (exact) mass is 282 g/mol. The van der Waals surface area contributed by atoms with E-state index in [0.717, 1.165) is 44.1 Å². The lowest BCUT2D eigenvalue weighted by molar-refractivity contribution is 0.0383. The van der Waals surface area contributed by atoms with Crippen LogP contribution in [0.15, 0.2) is 6.07 Å². The highest BCUT2D eigenvalue weighted by molar-refractivity contribution is 7.14. The van der Waals surface area contributed by atoms with Gasteiger partial charge in [-0.15, -0.1) is 11.3 Å². The zero-order chi connectivity index (χ0) is 13.7. The first kappa shape index (κ1) is 14.5. The summed E-state index contributed by atoms with van der Waals surface area (Å²) in [4.78, 5) is 16.5. The lowest BCUT2D eigenvalue weighted by Gasteiger charge is -2.26. The van der Waals surface area contributed by atoms with Crippen molar-refractivity contribution >= 4 is 17.2 Å². The number of amides is 1. The molecule has 0 aliphatic carbocycles. The highest BCUT2D eigenvalue weighted by Gasteiger charge is 2.13. The smallest absolute Gasteiger partial charge is 0.261 e. The number of morpholine rings is 1. The Morgan fingerprint density at radius 1 is 1.47 bits per heavy atom. The highest BCUT2D eigenvalue weighted by Crippen LogP contribution is 2.22. The van der Waals surface area contributed by atoms with E-state index in [2.05, 4.69) is 24.1 Å². The Morgan fingerprint density at radius 2 is 2.21 bits per heavy atom. The van der Waals surface area contributed by atoms with Gasteiger partial charge >= 0.3 is 0 Å². The molecule has 1 fully saturated rings.